The standard InChI is InChI=1S/C19H30N2O3/c1-5-18(22)20-16-9-10-19(23,15(11-16)13-21(2)3)14-7-6-8-17(12-14)24-4/h6-8,12,15-16,23H,5,9-11,13H2,1-4H3,(H,20,22). The van der Waals surface area contributed by atoms with Gasteiger partial charge in [0.25, 0.3) is 0 Å². The maximum absolute atomic E-state index is 11.7. The molecule has 0 aromatic heterocycles. The number of carbonyl (C=O) groups is 1. The molecule has 5 heteroatoms. The van der Waals surface area contributed by atoms with E-state index < -0.39 is 5.60 Å². The van der Waals surface area contributed by atoms with E-state index in [1.165, 1.54) is 0 Å². The highest BCUT2D eigenvalue weighted by atomic mass is 16.5. The number of aliphatic hydroxyl groups is 1. The molecule has 1 aromatic carbocycles. The molecule has 1 aliphatic carbocycles. The number of nitrogens with zero attached hydrogens (tertiary/aromatic N) is 1. The van der Waals surface area contributed by atoms with Crippen LogP contribution in [0.4, 0.5) is 0 Å². The first kappa shape index (κ1) is 18.7. The molecule has 2 rings (SSSR count). The fraction of sp³-hybridized carbons (Fsp3) is 0.632. The number of nitrogens with one attached hydrogen (secondary N) is 1. The average Bonchev–Trinajstić information content (AvgIpc) is 2.57. The lowest BCUT2D eigenvalue weighted by Gasteiger charge is -2.44. The third-order valence-corrected chi connectivity index (χ3v) is 4.96. The van der Waals surface area contributed by atoms with E-state index in [0.29, 0.717) is 12.8 Å². The van der Waals surface area contributed by atoms with Gasteiger partial charge in [-0.2, -0.15) is 0 Å². The molecule has 24 heavy (non-hydrogen) atoms. The van der Waals surface area contributed by atoms with Crippen molar-refractivity contribution in [3.05, 3.63) is 29.8 Å². The Kier molecular flexibility index (Phi) is 6.24. The molecule has 0 aliphatic heterocycles. The van der Waals surface area contributed by atoms with Crippen molar-refractivity contribution in [1.82, 2.24) is 10.2 Å². The van der Waals surface area contributed by atoms with E-state index in [-0.39, 0.29) is 17.9 Å². The number of hydrogen-bond donors (Lipinski definition) is 2. The van der Waals surface area contributed by atoms with Gasteiger partial charge < -0.3 is 20.1 Å². The molecule has 1 amide bonds. The van der Waals surface area contributed by atoms with Gasteiger partial charge >= 0.3 is 0 Å². The Labute approximate surface area is 145 Å². The molecule has 0 heterocycles. The van der Waals surface area contributed by atoms with Crippen molar-refractivity contribution in [1.29, 1.82) is 0 Å². The quantitative estimate of drug-likeness (QED) is 0.837. The monoisotopic (exact) mass is 334 g/mol. The average molecular weight is 334 g/mol. The van der Waals surface area contributed by atoms with Gasteiger partial charge in [0, 0.05) is 24.9 Å². The maximum atomic E-state index is 11.7. The Hall–Kier alpha value is -1.59. The zero-order valence-electron chi connectivity index (χ0n) is 15.2. The number of amides is 1. The summed E-state index contributed by atoms with van der Waals surface area (Å²) < 4.78 is 5.32. The van der Waals surface area contributed by atoms with Crippen molar-refractivity contribution < 1.29 is 14.6 Å². The van der Waals surface area contributed by atoms with Gasteiger partial charge in [-0.05, 0) is 51.1 Å². The Morgan fingerprint density at radius 1 is 1.46 bits per heavy atom. The fourth-order valence-electron chi connectivity index (χ4n) is 3.65. The molecule has 5 nitrogen and oxygen atoms in total. The van der Waals surface area contributed by atoms with E-state index in [9.17, 15) is 9.90 Å². The zero-order chi connectivity index (χ0) is 17.7. The van der Waals surface area contributed by atoms with E-state index in [4.69, 9.17) is 4.74 Å². The van der Waals surface area contributed by atoms with E-state index in [1.807, 2.05) is 45.3 Å². The summed E-state index contributed by atoms with van der Waals surface area (Å²) in [6.45, 7) is 2.63. The third-order valence-electron chi connectivity index (χ3n) is 4.96. The predicted molar refractivity (Wildman–Crippen MR) is 95.0 cm³/mol. The summed E-state index contributed by atoms with van der Waals surface area (Å²) in [5.74, 6) is 0.886. The van der Waals surface area contributed by atoms with Crippen LogP contribution in [-0.4, -0.2) is 49.7 Å². The second kappa shape index (κ2) is 7.99. The number of benzene rings is 1. The van der Waals surface area contributed by atoms with E-state index >= 15 is 0 Å². The molecule has 1 saturated carbocycles. The Balaban J connectivity index is 2.24. The van der Waals surface area contributed by atoms with Gasteiger partial charge in [0.15, 0.2) is 0 Å². The molecule has 1 aliphatic rings. The van der Waals surface area contributed by atoms with Crippen LogP contribution in [0.2, 0.25) is 0 Å². The van der Waals surface area contributed by atoms with Crippen molar-refractivity contribution in [2.45, 2.75) is 44.2 Å². The topological polar surface area (TPSA) is 61.8 Å². The Morgan fingerprint density at radius 2 is 2.21 bits per heavy atom. The highest BCUT2D eigenvalue weighted by molar-refractivity contribution is 5.75. The smallest absolute Gasteiger partial charge is 0.219 e. The summed E-state index contributed by atoms with van der Waals surface area (Å²) in [7, 11) is 5.66. The summed E-state index contributed by atoms with van der Waals surface area (Å²) in [5, 5.41) is 14.6. The number of ether oxygens (including phenoxy) is 1. The normalized spacial score (nSPS) is 27.1. The summed E-state index contributed by atoms with van der Waals surface area (Å²) in [4.78, 5) is 13.8. The van der Waals surface area contributed by atoms with Crippen molar-refractivity contribution in [3.63, 3.8) is 0 Å². The Morgan fingerprint density at radius 3 is 2.83 bits per heavy atom. The minimum atomic E-state index is -0.897. The zero-order valence-corrected chi connectivity index (χ0v) is 15.2. The predicted octanol–water partition coefficient (Wildman–Crippen LogP) is 2.14. The number of hydrogen-bond acceptors (Lipinski definition) is 4. The Bertz CT molecular complexity index is 561. The van der Waals surface area contributed by atoms with Crippen molar-refractivity contribution in [3.8, 4) is 5.75 Å². The van der Waals surface area contributed by atoms with Crippen LogP contribution in [0.25, 0.3) is 0 Å². The lowest BCUT2D eigenvalue weighted by Crippen LogP contribution is -2.50. The first-order valence-corrected chi connectivity index (χ1v) is 8.70. The van der Waals surface area contributed by atoms with Gasteiger partial charge in [-0.3, -0.25) is 4.79 Å². The summed E-state index contributed by atoms with van der Waals surface area (Å²) in [6.07, 6.45) is 2.68. The highest BCUT2D eigenvalue weighted by Gasteiger charge is 2.43. The van der Waals surface area contributed by atoms with Crippen LogP contribution in [0.3, 0.4) is 0 Å². The van der Waals surface area contributed by atoms with E-state index in [0.717, 1.165) is 30.7 Å². The molecule has 1 aromatic rings. The molecule has 0 radical (unpaired) electrons. The van der Waals surface area contributed by atoms with Gasteiger partial charge in [0.1, 0.15) is 5.75 Å². The van der Waals surface area contributed by atoms with Gasteiger partial charge in [-0.25, -0.2) is 0 Å². The van der Waals surface area contributed by atoms with Crippen LogP contribution in [-0.2, 0) is 10.4 Å². The maximum Gasteiger partial charge on any atom is 0.219 e. The molecule has 134 valence electrons. The van der Waals surface area contributed by atoms with Crippen LogP contribution in [0.15, 0.2) is 24.3 Å². The summed E-state index contributed by atoms with van der Waals surface area (Å²) >= 11 is 0. The largest absolute Gasteiger partial charge is 0.497 e. The molecule has 2 N–H and O–H groups in total. The van der Waals surface area contributed by atoms with Gasteiger partial charge in [0.05, 0.1) is 12.7 Å². The number of rotatable bonds is 6. The molecule has 1 fully saturated rings. The van der Waals surface area contributed by atoms with Gasteiger partial charge in [-0.15, -0.1) is 0 Å². The SMILES string of the molecule is CCC(=O)NC1CCC(O)(c2cccc(OC)c2)C(CN(C)C)C1. The van der Waals surface area contributed by atoms with Gasteiger partial charge in [-0.1, -0.05) is 19.1 Å². The molecule has 3 unspecified atom stereocenters. The van der Waals surface area contributed by atoms with Crippen LogP contribution in [0.1, 0.15) is 38.2 Å². The van der Waals surface area contributed by atoms with Gasteiger partial charge in [0.2, 0.25) is 5.91 Å². The molecule has 0 bridgehead atoms. The second-order valence-corrected chi connectivity index (χ2v) is 7.01. The second-order valence-electron chi connectivity index (χ2n) is 7.01. The first-order chi connectivity index (χ1) is 11.4. The molecular weight excluding hydrogens is 304 g/mol. The highest BCUT2D eigenvalue weighted by Crippen LogP contribution is 2.42. The summed E-state index contributed by atoms with van der Waals surface area (Å²) in [6, 6.07) is 7.84. The molecule has 3 atom stereocenters. The minimum Gasteiger partial charge on any atom is -0.497 e. The minimum absolute atomic E-state index is 0.0514. The lowest BCUT2D eigenvalue weighted by molar-refractivity contribution is -0.123. The molecular formula is C19H30N2O3. The van der Waals surface area contributed by atoms with Crippen LogP contribution in [0.5, 0.6) is 5.75 Å². The lowest BCUT2D eigenvalue weighted by atomic mass is 9.69. The van der Waals surface area contributed by atoms with Crippen LogP contribution in [0, 0.1) is 5.92 Å². The van der Waals surface area contributed by atoms with Crippen LogP contribution < -0.4 is 10.1 Å². The summed E-state index contributed by atoms with van der Waals surface area (Å²) in [5.41, 5.74) is 0.000618. The van der Waals surface area contributed by atoms with E-state index in [2.05, 4.69) is 10.2 Å². The number of methoxy groups -OCH3 is 1. The van der Waals surface area contributed by atoms with Crippen molar-refractivity contribution in [2.75, 3.05) is 27.7 Å². The molecule has 0 saturated heterocycles. The third kappa shape index (κ3) is 4.28. The van der Waals surface area contributed by atoms with Crippen molar-refractivity contribution >= 4 is 5.91 Å². The van der Waals surface area contributed by atoms with E-state index in [1.54, 1.807) is 7.11 Å². The number of carbonyl (C=O) groups excluding carboxylic acids is 1. The van der Waals surface area contributed by atoms with Crippen LogP contribution >= 0.6 is 0 Å². The van der Waals surface area contributed by atoms with Crippen molar-refractivity contribution in [2.24, 2.45) is 5.92 Å². The first-order valence-electron chi connectivity index (χ1n) is 8.70. The fourth-order valence-corrected chi connectivity index (χ4v) is 3.65. The molecule has 0 spiro atoms.